The summed E-state index contributed by atoms with van der Waals surface area (Å²) >= 11 is 3.40. The van der Waals surface area contributed by atoms with Crippen molar-refractivity contribution < 1.29 is 9.90 Å². The molecule has 0 bridgehead atoms. The SMILES string of the molecule is Cn1cc(CC(=O)O)c2ccc(Br)cc21. The van der Waals surface area contributed by atoms with E-state index in [4.69, 9.17) is 5.11 Å². The molecule has 15 heavy (non-hydrogen) atoms. The fraction of sp³-hybridized carbons (Fsp3) is 0.182. The van der Waals surface area contributed by atoms with Crippen LogP contribution >= 0.6 is 15.9 Å². The van der Waals surface area contributed by atoms with Gasteiger partial charge in [0.25, 0.3) is 0 Å². The summed E-state index contributed by atoms with van der Waals surface area (Å²) in [5, 5.41) is 9.77. The predicted molar refractivity (Wildman–Crippen MR) is 62.0 cm³/mol. The number of hydrogen-bond donors (Lipinski definition) is 1. The van der Waals surface area contributed by atoms with Crippen molar-refractivity contribution in [3.8, 4) is 0 Å². The van der Waals surface area contributed by atoms with E-state index in [9.17, 15) is 4.79 Å². The molecule has 1 aromatic carbocycles. The summed E-state index contributed by atoms with van der Waals surface area (Å²) in [6, 6.07) is 5.85. The smallest absolute Gasteiger partial charge is 0.307 e. The molecule has 0 radical (unpaired) electrons. The van der Waals surface area contributed by atoms with Crippen molar-refractivity contribution in [2.45, 2.75) is 6.42 Å². The van der Waals surface area contributed by atoms with Gasteiger partial charge in [-0.25, -0.2) is 0 Å². The molecule has 0 aliphatic carbocycles. The van der Waals surface area contributed by atoms with E-state index < -0.39 is 5.97 Å². The number of carboxylic acid groups (broad SMARTS) is 1. The Morgan fingerprint density at radius 1 is 1.53 bits per heavy atom. The summed E-state index contributed by atoms with van der Waals surface area (Å²) < 4.78 is 2.94. The first kappa shape index (κ1) is 10.2. The van der Waals surface area contributed by atoms with Crippen LogP contribution in [-0.2, 0) is 18.3 Å². The monoisotopic (exact) mass is 267 g/mol. The lowest BCUT2D eigenvalue weighted by Gasteiger charge is -1.96. The van der Waals surface area contributed by atoms with Crippen molar-refractivity contribution in [3.05, 3.63) is 34.4 Å². The summed E-state index contributed by atoms with van der Waals surface area (Å²) in [6.07, 6.45) is 1.93. The quantitative estimate of drug-likeness (QED) is 0.909. The number of hydrogen-bond acceptors (Lipinski definition) is 1. The number of halogens is 1. The molecule has 1 heterocycles. The Morgan fingerprint density at radius 3 is 2.93 bits per heavy atom. The second-order valence-electron chi connectivity index (χ2n) is 3.50. The molecule has 0 aliphatic rings. The molecule has 0 atom stereocenters. The Bertz CT molecular complexity index is 531. The maximum Gasteiger partial charge on any atom is 0.307 e. The van der Waals surface area contributed by atoms with E-state index in [0.29, 0.717) is 0 Å². The lowest BCUT2D eigenvalue weighted by atomic mass is 10.1. The van der Waals surface area contributed by atoms with Gasteiger partial charge in [0, 0.05) is 28.6 Å². The minimum Gasteiger partial charge on any atom is -0.481 e. The van der Waals surface area contributed by atoms with Crippen molar-refractivity contribution in [1.29, 1.82) is 0 Å². The van der Waals surface area contributed by atoms with Crippen LogP contribution in [0.3, 0.4) is 0 Å². The van der Waals surface area contributed by atoms with Crippen molar-refractivity contribution >= 4 is 32.8 Å². The number of benzene rings is 1. The first-order chi connectivity index (χ1) is 7.08. The second kappa shape index (κ2) is 3.70. The summed E-state index contributed by atoms with van der Waals surface area (Å²) in [7, 11) is 1.92. The van der Waals surface area contributed by atoms with E-state index in [-0.39, 0.29) is 6.42 Å². The van der Waals surface area contributed by atoms with Gasteiger partial charge in [-0.2, -0.15) is 0 Å². The minimum atomic E-state index is -0.801. The van der Waals surface area contributed by atoms with Crippen LogP contribution in [0.2, 0.25) is 0 Å². The minimum absolute atomic E-state index is 0.0684. The largest absolute Gasteiger partial charge is 0.481 e. The van der Waals surface area contributed by atoms with E-state index in [1.165, 1.54) is 0 Å². The fourth-order valence-corrected chi connectivity index (χ4v) is 2.09. The van der Waals surface area contributed by atoms with E-state index in [1.807, 2.05) is 36.0 Å². The standard InChI is InChI=1S/C11H10BrNO2/c1-13-6-7(4-11(14)15)9-3-2-8(12)5-10(9)13/h2-3,5-6H,4H2,1H3,(H,14,15). The van der Waals surface area contributed by atoms with Crippen LogP contribution in [0.25, 0.3) is 10.9 Å². The first-order valence-corrected chi connectivity index (χ1v) is 5.32. The average Bonchev–Trinajstić information content (AvgIpc) is 2.42. The fourth-order valence-electron chi connectivity index (χ4n) is 1.74. The highest BCUT2D eigenvalue weighted by atomic mass is 79.9. The Kier molecular flexibility index (Phi) is 2.52. The molecule has 0 saturated heterocycles. The number of fused-ring (bicyclic) bond motifs is 1. The Morgan fingerprint density at radius 2 is 2.27 bits per heavy atom. The number of aliphatic carboxylic acids is 1. The third-order valence-electron chi connectivity index (χ3n) is 2.38. The van der Waals surface area contributed by atoms with Crippen LogP contribution < -0.4 is 0 Å². The zero-order chi connectivity index (χ0) is 11.0. The molecule has 0 spiro atoms. The second-order valence-corrected chi connectivity index (χ2v) is 4.41. The van der Waals surface area contributed by atoms with Gasteiger partial charge in [-0.1, -0.05) is 22.0 Å². The van der Waals surface area contributed by atoms with Gasteiger partial charge in [0.2, 0.25) is 0 Å². The molecular formula is C11H10BrNO2. The molecule has 2 aromatic rings. The maximum atomic E-state index is 10.7. The van der Waals surface area contributed by atoms with Gasteiger partial charge in [0.05, 0.1) is 6.42 Å². The molecule has 2 rings (SSSR count). The molecule has 78 valence electrons. The van der Waals surface area contributed by atoms with E-state index in [1.54, 1.807) is 0 Å². The van der Waals surface area contributed by atoms with E-state index in [0.717, 1.165) is 20.9 Å². The normalized spacial score (nSPS) is 10.8. The van der Waals surface area contributed by atoms with Gasteiger partial charge in [-0.15, -0.1) is 0 Å². The van der Waals surface area contributed by atoms with E-state index in [2.05, 4.69) is 15.9 Å². The van der Waals surface area contributed by atoms with E-state index >= 15 is 0 Å². The number of nitrogens with zero attached hydrogens (tertiary/aromatic N) is 1. The number of carboxylic acids is 1. The highest BCUT2D eigenvalue weighted by Crippen LogP contribution is 2.24. The molecule has 4 heteroatoms. The van der Waals surface area contributed by atoms with Gasteiger partial charge in [-0.3, -0.25) is 4.79 Å². The summed E-state index contributed by atoms with van der Waals surface area (Å²) in [5.41, 5.74) is 1.90. The number of rotatable bonds is 2. The molecule has 0 unspecified atom stereocenters. The van der Waals surface area contributed by atoms with Crippen LogP contribution in [0.4, 0.5) is 0 Å². The van der Waals surface area contributed by atoms with Crippen LogP contribution in [0.1, 0.15) is 5.56 Å². The molecule has 1 aromatic heterocycles. The highest BCUT2D eigenvalue weighted by Gasteiger charge is 2.09. The van der Waals surface area contributed by atoms with Crippen molar-refractivity contribution in [2.75, 3.05) is 0 Å². The van der Waals surface area contributed by atoms with Crippen LogP contribution in [0, 0.1) is 0 Å². The molecule has 3 nitrogen and oxygen atoms in total. The Balaban J connectivity index is 2.62. The Hall–Kier alpha value is -1.29. The number of aromatic nitrogens is 1. The number of carbonyl (C=O) groups is 1. The molecule has 0 amide bonds. The van der Waals surface area contributed by atoms with Crippen LogP contribution in [0.15, 0.2) is 28.9 Å². The predicted octanol–water partition coefficient (Wildman–Crippen LogP) is 2.57. The number of aryl methyl sites for hydroxylation is 1. The van der Waals surface area contributed by atoms with Gasteiger partial charge in [0.15, 0.2) is 0 Å². The van der Waals surface area contributed by atoms with Gasteiger partial charge < -0.3 is 9.67 Å². The zero-order valence-electron chi connectivity index (χ0n) is 8.20. The highest BCUT2D eigenvalue weighted by molar-refractivity contribution is 9.10. The van der Waals surface area contributed by atoms with Crippen molar-refractivity contribution in [3.63, 3.8) is 0 Å². The lowest BCUT2D eigenvalue weighted by molar-refractivity contribution is -0.136. The third-order valence-corrected chi connectivity index (χ3v) is 2.87. The maximum absolute atomic E-state index is 10.7. The summed E-state index contributed by atoms with van der Waals surface area (Å²) in [4.78, 5) is 10.7. The zero-order valence-corrected chi connectivity index (χ0v) is 9.78. The van der Waals surface area contributed by atoms with Gasteiger partial charge >= 0.3 is 5.97 Å². The topological polar surface area (TPSA) is 42.2 Å². The molecule has 0 aliphatic heterocycles. The average molecular weight is 268 g/mol. The summed E-state index contributed by atoms with van der Waals surface area (Å²) in [6.45, 7) is 0. The lowest BCUT2D eigenvalue weighted by Crippen LogP contribution is -1.98. The van der Waals surface area contributed by atoms with Gasteiger partial charge in [-0.05, 0) is 17.7 Å². The third kappa shape index (κ3) is 1.90. The summed E-state index contributed by atoms with van der Waals surface area (Å²) in [5.74, 6) is -0.801. The molecule has 0 saturated carbocycles. The first-order valence-electron chi connectivity index (χ1n) is 4.53. The van der Waals surface area contributed by atoms with Gasteiger partial charge in [0.1, 0.15) is 0 Å². The van der Waals surface area contributed by atoms with Crippen LogP contribution in [0.5, 0.6) is 0 Å². The Labute approximate surface area is 95.5 Å². The molecular weight excluding hydrogens is 258 g/mol. The molecule has 1 N–H and O–H groups in total. The van der Waals surface area contributed by atoms with Crippen molar-refractivity contribution in [2.24, 2.45) is 7.05 Å². The van der Waals surface area contributed by atoms with Crippen molar-refractivity contribution in [1.82, 2.24) is 4.57 Å². The molecule has 0 fully saturated rings. The van der Waals surface area contributed by atoms with Crippen LogP contribution in [-0.4, -0.2) is 15.6 Å².